The van der Waals surface area contributed by atoms with Crippen LogP contribution in [0.3, 0.4) is 0 Å². The van der Waals surface area contributed by atoms with E-state index in [1.807, 2.05) is 18.2 Å². The molecule has 0 aromatic heterocycles. The summed E-state index contributed by atoms with van der Waals surface area (Å²) in [6.07, 6.45) is 3.93. The molecular weight excluding hydrogens is 246 g/mol. The van der Waals surface area contributed by atoms with Gasteiger partial charge in [0.2, 0.25) is 6.41 Å². The summed E-state index contributed by atoms with van der Waals surface area (Å²) >= 11 is 3.36. The van der Waals surface area contributed by atoms with Gasteiger partial charge in [-0.05, 0) is 24.3 Å². The van der Waals surface area contributed by atoms with E-state index in [4.69, 9.17) is 4.74 Å². The molecule has 1 aromatic carbocycles. The second-order valence-corrected chi connectivity index (χ2v) is 3.42. The molecule has 0 heterocycles. The molecule has 3 nitrogen and oxygen atoms in total. The Bertz CT molecular complexity index is 350. The molecule has 0 atom stereocenters. The third-order valence-corrected chi connectivity index (χ3v) is 2.11. The lowest BCUT2D eigenvalue weighted by Crippen LogP contribution is -1.98. The van der Waals surface area contributed by atoms with Crippen molar-refractivity contribution in [3.8, 4) is 5.75 Å². The van der Waals surface area contributed by atoms with Crippen LogP contribution in [-0.2, 0) is 4.79 Å². The molecule has 1 N–H and O–H groups in total. The number of hydrogen-bond donors (Lipinski definition) is 1. The van der Waals surface area contributed by atoms with E-state index in [1.54, 1.807) is 19.4 Å². The third-order valence-electron chi connectivity index (χ3n) is 1.62. The summed E-state index contributed by atoms with van der Waals surface area (Å²) in [5.41, 5.74) is 0.899. The van der Waals surface area contributed by atoms with Crippen LogP contribution in [0, 0.1) is 0 Å². The smallest absolute Gasteiger partial charge is 0.211 e. The Labute approximate surface area is 90.9 Å². The summed E-state index contributed by atoms with van der Waals surface area (Å²) < 4.78 is 6.10. The minimum absolute atomic E-state index is 0.612. The highest BCUT2D eigenvalue weighted by atomic mass is 79.9. The van der Waals surface area contributed by atoms with Crippen molar-refractivity contribution < 1.29 is 9.53 Å². The molecule has 0 radical (unpaired) electrons. The number of hydrogen-bond acceptors (Lipinski definition) is 2. The van der Waals surface area contributed by atoms with Gasteiger partial charge in [-0.3, -0.25) is 4.79 Å². The van der Waals surface area contributed by atoms with E-state index in [0.29, 0.717) is 6.41 Å². The second kappa shape index (κ2) is 5.44. The molecule has 0 spiro atoms. The van der Waals surface area contributed by atoms with Crippen LogP contribution >= 0.6 is 15.9 Å². The largest absolute Gasteiger partial charge is 0.496 e. The Morgan fingerprint density at radius 1 is 1.50 bits per heavy atom. The number of benzene rings is 1. The standard InChI is InChI=1S/C10H10BrNO2/c1-14-10-3-2-9(11)6-8(10)4-5-12-7-13/h2-7H,1H3,(H,12,13). The van der Waals surface area contributed by atoms with Crippen LogP contribution < -0.4 is 10.1 Å². The third kappa shape index (κ3) is 2.88. The molecule has 0 aliphatic rings. The van der Waals surface area contributed by atoms with E-state index in [-0.39, 0.29) is 0 Å². The lowest BCUT2D eigenvalue weighted by Gasteiger charge is -2.04. The number of carbonyl (C=O) groups excluding carboxylic acids is 1. The molecular formula is C10H10BrNO2. The minimum Gasteiger partial charge on any atom is -0.496 e. The highest BCUT2D eigenvalue weighted by molar-refractivity contribution is 9.10. The predicted octanol–water partition coefficient (Wildman–Crippen LogP) is 2.17. The van der Waals surface area contributed by atoms with Crippen molar-refractivity contribution in [1.82, 2.24) is 5.32 Å². The van der Waals surface area contributed by atoms with Crippen LogP contribution in [0.2, 0.25) is 0 Å². The number of amides is 1. The molecule has 1 amide bonds. The van der Waals surface area contributed by atoms with E-state index in [0.717, 1.165) is 15.8 Å². The quantitative estimate of drug-likeness (QED) is 0.838. The van der Waals surface area contributed by atoms with Crippen LogP contribution in [-0.4, -0.2) is 13.5 Å². The summed E-state index contributed by atoms with van der Waals surface area (Å²) in [5.74, 6) is 0.761. The van der Waals surface area contributed by atoms with Crippen LogP contribution in [0.15, 0.2) is 28.9 Å². The van der Waals surface area contributed by atoms with E-state index in [2.05, 4.69) is 21.2 Å². The topological polar surface area (TPSA) is 38.3 Å². The van der Waals surface area contributed by atoms with Gasteiger partial charge < -0.3 is 10.1 Å². The maximum Gasteiger partial charge on any atom is 0.211 e. The van der Waals surface area contributed by atoms with Gasteiger partial charge >= 0.3 is 0 Å². The lowest BCUT2D eigenvalue weighted by molar-refractivity contribution is -0.108. The van der Waals surface area contributed by atoms with Gasteiger partial charge in [-0.2, -0.15) is 0 Å². The molecule has 0 bridgehead atoms. The first-order valence-electron chi connectivity index (χ1n) is 3.97. The summed E-state index contributed by atoms with van der Waals surface area (Å²) in [4.78, 5) is 10.0. The average molecular weight is 256 g/mol. The van der Waals surface area contributed by atoms with Gasteiger partial charge in [0, 0.05) is 16.2 Å². The average Bonchev–Trinajstić information content (AvgIpc) is 2.19. The first kappa shape index (κ1) is 10.8. The van der Waals surface area contributed by atoms with Crippen molar-refractivity contribution in [3.63, 3.8) is 0 Å². The van der Waals surface area contributed by atoms with E-state index in [1.165, 1.54) is 0 Å². The monoisotopic (exact) mass is 255 g/mol. The summed E-state index contributed by atoms with van der Waals surface area (Å²) in [6, 6.07) is 5.65. The molecule has 0 aliphatic heterocycles. The Morgan fingerprint density at radius 2 is 2.29 bits per heavy atom. The molecule has 74 valence electrons. The SMILES string of the molecule is COc1ccc(Br)cc1C=CNC=O. The summed E-state index contributed by atoms with van der Waals surface area (Å²) in [6.45, 7) is 0. The van der Waals surface area contributed by atoms with E-state index >= 15 is 0 Å². The van der Waals surface area contributed by atoms with Gasteiger partial charge in [0.1, 0.15) is 5.75 Å². The highest BCUT2D eigenvalue weighted by Crippen LogP contribution is 2.23. The lowest BCUT2D eigenvalue weighted by atomic mass is 10.2. The fourth-order valence-electron chi connectivity index (χ4n) is 1.01. The van der Waals surface area contributed by atoms with Gasteiger partial charge in [0.05, 0.1) is 7.11 Å². The molecule has 0 aliphatic carbocycles. The Hall–Kier alpha value is -1.29. The van der Waals surface area contributed by atoms with Crippen molar-refractivity contribution in [3.05, 3.63) is 34.4 Å². The summed E-state index contributed by atoms with van der Waals surface area (Å²) in [5, 5.41) is 2.44. The number of halogens is 1. The van der Waals surface area contributed by atoms with Crippen molar-refractivity contribution >= 4 is 28.4 Å². The molecule has 4 heteroatoms. The molecule has 14 heavy (non-hydrogen) atoms. The van der Waals surface area contributed by atoms with Crippen molar-refractivity contribution in [1.29, 1.82) is 0 Å². The number of ether oxygens (including phenoxy) is 1. The van der Waals surface area contributed by atoms with Crippen LogP contribution in [0.25, 0.3) is 6.08 Å². The molecule has 0 saturated carbocycles. The van der Waals surface area contributed by atoms with E-state index in [9.17, 15) is 4.79 Å². The second-order valence-electron chi connectivity index (χ2n) is 2.50. The maximum absolute atomic E-state index is 10.0. The van der Waals surface area contributed by atoms with Gasteiger partial charge in [-0.15, -0.1) is 0 Å². The van der Waals surface area contributed by atoms with Crippen molar-refractivity contribution in [2.45, 2.75) is 0 Å². The Balaban J connectivity index is 2.92. The number of rotatable bonds is 4. The summed E-state index contributed by atoms with van der Waals surface area (Å²) in [7, 11) is 1.60. The van der Waals surface area contributed by atoms with Gasteiger partial charge in [0.25, 0.3) is 0 Å². The first-order valence-corrected chi connectivity index (χ1v) is 4.77. The Kier molecular flexibility index (Phi) is 4.19. The zero-order valence-electron chi connectivity index (χ0n) is 7.66. The first-order chi connectivity index (χ1) is 6.77. The molecule has 1 rings (SSSR count). The van der Waals surface area contributed by atoms with Crippen LogP contribution in [0.1, 0.15) is 5.56 Å². The van der Waals surface area contributed by atoms with Crippen molar-refractivity contribution in [2.24, 2.45) is 0 Å². The van der Waals surface area contributed by atoms with Crippen LogP contribution in [0.5, 0.6) is 5.75 Å². The maximum atomic E-state index is 10.0. The Morgan fingerprint density at radius 3 is 2.93 bits per heavy atom. The molecule has 0 fully saturated rings. The molecule has 0 saturated heterocycles. The van der Waals surface area contributed by atoms with Gasteiger partial charge in [0.15, 0.2) is 0 Å². The van der Waals surface area contributed by atoms with Crippen molar-refractivity contribution in [2.75, 3.05) is 7.11 Å². The van der Waals surface area contributed by atoms with Crippen LogP contribution in [0.4, 0.5) is 0 Å². The fraction of sp³-hybridized carbons (Fsp3) is 0.100. The highest BCUT2D eigenvalue weighted by Gasteiger charge is 1.99. The number of methoxy groups -OCH3 is 1. The fourth-order valence-corrected chi connectivity index (χ4v) is 1.39. The predicted molar refractivity (Wildman–Crippen MR) is 58.9 cm³/mol. The van der Waals surface area contributed by atoms with E-state index < -0.39 is 0 Å². The minimum atomic E-state index is 0.612. The number of carbonyl (C=O) groups is 1. The number of nitrogens with one attached hydrogen (secondary N) is 1. The van der Waals surface area contributed by atoms with Gasteiger partial charge in [-0.1, -0.05) is 15.9 Å². The zero-order chi connectivity index (χ0) is 10.4. The molecule has 1 aromatic rings. The normalized spacial score (nSPS) is 10.1. The zero-order valence-corrected chi connectivity index (χ0v) is 9.24. The van der Waals surface area contributed by atoms with Gasteiger partial charge in [-0.25, -0.2) is 0 Å². The molecule has 0 unspecified atom stereocenters.